The maximum absolute atomic E-state index is 12.8. The summed E-state index contributed by atoms with van der Waals surface area (Å²) in [5, 5.41) is 4.11. The van der Waals surface area contributed by atoms with E-state index in [-0.39, 0.29) is 25.0 Å². The van der Waals surface area contributed by atoms with Gasteiger partial charge in [0.1, 0.15) is 11.8 Å². The lowest BCUT2D eigenvalue weighted by molar-refractivity contribution is -0.142. The van der Waals surface area contributed by atoms with Gasteiger partial charge in [-0.15, -0.1) is 0 Å². The number of likely N-dealkylation sites (N-methyl/N-ethyl adjacent to an activating group) is 1. The molecule has 0 heterocycles. The van der Waals surface area contributed by atoms with E-state index in [2.05, 4.69) is 5.32 Å². The molecule has 0 aliphatic rings. The molecule has 0 saturated carbocycles. The maximum Gasteiger partial charge on any atom is 0.261 e. The molecule has 2 rings (SSSR count). The van der Waals surface area contributed by atoms with Crippen LogP contribution in [-0.2, 0) is 16.1 Å². The molecule has 1 atom stereocenters. The highest BCUT2D eigenvalue weighted by Crippen LogP contribution is 2.27. The summed E-state index contributed by atoms with van der Waals surface area (Å²) >= 11 is 17.9. The second-order valence-corrected chi connectivity index (χ2v) is 7.36. The van der Waals surface area contributed by atoms with Gasteiger partial charge in [0.15, 0.2) is 6.61 Å². The molecule has 0 fully saturated rings. The fraction of sp³-hybridized carbons (Fsp3) is 0.300. The molecule has 28 heavy (non-hydrogen) atoms. The SMILES string of the molecule is CCNC(=O)[C@H](C)N(Cc1ccc(Cl)cc1)C(=O)COc1ccc(Cl)cc1Cl. The molecule has 0 bridgehead atoms. The fourth-order valence-corrected chi connectivity index (χ4v) is 3.09. The molecule has 2 aromatic rings. The summed E-state index contributed by atoms with van der Waals surface area (Å²) < 4.78 is 5.55. The zero-order valence-electron chi connectivity index (χ0n) is 15.5. The summed E-state index contributed by atoms with van der Waals surface area (Å²) in [6.07, 6.45) is 0. The molecule has 0 unspecified atom stereocenters. The monoisotopic (exact) mass is 442 g/mol. The molecule has 0 radical (unpaired) electrons. The Hall–Kier alpha value is -1.95. The van der Waals surface area contributed by atoms with Crippen LogP contribution in [0.1, 0.15) is 19.4 Å². The largest absolute Gasteiger partial charge is 0.482 e. The number of hydrogen-bond acceptors (Lipinski definition) is 3. The highest BCUT2D eigenvalue weighted by atomic mass is 35.5. The van der Waals surface area contributed by atoms with Crippen LogP contribution in [0.3, 0.4) is 0 Å². The molecular formula is C20H21Cl3N2O3. The predicted octanol–water partition coefficient (Wildman–Crippen LogP) is 4.58. The van der Waals surface area contributed by atoms with Gasteiger partial charge in [-0.2, -0.15) is 0 Å². The van der Waals surface area contributed by atoms with Crippen LogP contribution in [0, 0.1) is 0 Å². The van der Waals surface area contributed by atoms with Crippen molar-refractivity contribution >= 4 is 46.6 Å². The minimum atomic E-state index is -0.674. The first kappa shape index (κ1) is 22.3. The molecule has 8 heteroatoms. The number of halogens is 3. The van der Waals surface area contributed by atoms with Crippen molar-refractivity contribution in [1.29, 1.82) is 0 Å². The minimum absolute atomic E-state index is 0.241. The third-order valence-electron chi connectivity index (χ3n) is 4.03. The molecule has 2 amide bonds. The maximum atomic E-state index is 12.8. The Morgan fingerprint density at radius 1 is 1.07 bits per heavy atom. The number of rotatable bonds is 8. The average molecular weight is 444 g/mol. The second-order valence-electron chi connectivity index (χ2n) is 6.08. The zero-order chi connectivity index (χ0) is 20.7. The van der Waals surface area contributed by atoms with Crippen molar-refractivity contribution in [2.45, 2.75) is 26.4 Å². The van der Waals surface area contributed by atoms with Crippen LogP contribution in [0.5, 0.6) is 5.75 Å². The Bertz CT molecular complexity index is 828. The third-order valence-corrected chi connectivity index (χ3v) is 4.81. The number of ether oxygens (including phenoxy) is 1. The molecule has 0 spiro atoms. The Labute approximate surface area is 179 Å². The van der Waals surface area contributed by atoms with Crippen LogP contribution in [0.25, 0.3) is 0 Å². The van der Waals surface area contributed by atoms with Gasteiger partial charge in [-0.1, -0.05) is 46.9 Å². The zero-order valence-corrected chi connectivity index (χ0v) is 17.8. The quantitative estimate of drug-likeness (QED) is 0.650. The van der Waals surface area contributed by atoms with E-state index in [4.69, 9.17) is 39.5 Å². The summed E-state index contributed by atoms with van der Waals surface area (Å²) in [4.78, 5) is 26.6. The van der Waals surface area contributed by atoms with Crippen LogP contribution in [0.15, 0.2) is 42.5 Å². The number of nitrogens with one attached hydrogen (secondary N) is 1. The predicted molar refractivity (Wildman–Crippen MR) is 112 cm³/mol. The minimum Gasteiger partial charge on any atom is -0.482 e. The number of carbonyl (C=O) groups is 2. The summed E-state index contributed by atoms with van der Waals surface area (Å²) in [6, 6.07) is 11.2. The molecule has 0 aromatic heterocycles. The smallest absolute Gasteiger partial charge is 0.261 e. The molecule has 5 nitrogen and oxygen atoms in total. The van der Waals surface area contributed by atoms with Gasteiger partial charge in [-0.05, 0) is 49.7 Å². The molecule has 0 saturated heterocycles. The molecule has 1 N–H and O–H groups in total. The van der Waals surface area contributed by atoms with Gasteiger partial charge in [0.05, 0.1) is 5.02 Å². The average Bonchev–Trinajstić information content (AvgIpc) is 2.66. The Balaban J connectivity index is 2.15. The van der Waals surface area contributed by atoms with E-state index < -0.39 is 6.04 Å². The van der Waals surface area contributed by atoms with Crippen LogP contribution >= 0.6 is 34.8 Å². The first-order chi connectivity index (χ1) is 13.3. The van der Waals surface area contributed by atoms with Crippen molar-refractivity contribution < 1.29 is 14.3 Å². The lowest BCUT2D eigenvalue weighted by atomic mass is 10.1. The van der Waals surface area contributed by atoms with Crippen LogP contribution < -0.4 is 10.1 Å². The fourth-order valence-electron chi connectivity index (χ4n) is 2.51. The standard InChI is InChI=1S/C20H21Cl3N2O3/c1-3-24-20(27)13(2)25(11-14-4-6-15(21)7-5-14)19(26)12-28-18-9-8-16(22)10-17(18)23/h4-10,13H,3,11-12H2,1-2H3,(H,24,27)/t13-/m0/s1. The van der Waals surface area contributed by atoms with Crippen LogP contribution in [0.2, 0.25) is 15.1 Å². The third kappa shape index (κ3) is 6.30. The molecular weight excluding hydrogens is 423 g/mol. The summed E-state index contributed by atoms with van der Waals surface area (Å²) in [7, 11) is 0. The Morgan fingerprint density at radius 3 is 2.32 bits per heavy atom. The van der Waals surface area contributed by atoms with Gasteiger partial charge >= 0.3 is 0 Å². The first-order valence-corrected chi connectivity index (χ1v) is 9.84. The normalized spacial score (nSPS) is 11.6. The highest BCUT2D eigenvalue weighted by Gasteiger charge is 2.26. The van der Waals surface area contributed by atoms with E-state index in [9.17, 15) is 9.59 Å². The second kappa shape index (κ2) is 10.6. The van der Waals surface area contributed by atoms with Crippen molar-refractivity contribution in [1.82, 2.24) is 10.2 Å². The van der Waals surface area contributed by atoms with Gasteiger partial charge in [0.25, 0.3) is 5.91 Å². The molecule has 0 aliphatic heterocycles. The number of amides is 2. The van der Waals surface area contributed by atoms with Gasteiger partial charge < -0.3 is 15.0 Å². The van der Waals surface area contributed by atoms with Gasteiger partial charge in [-0.3, -0.25) is 9.59 Å². The van der Waals surface area contributed by atoms with Gasteiger partial charge in [0, 0.05) is 23.1 Å². The molecule has 0 aliphatic carbocycles. The molecule has 2 aromatic carbocycles. The summed E-state index contributed by atoms with van der Waals surface area (Å²) in [6.45, 7) is 3.95. The van der Waals surface area contributed by atoms with Crippen molar-refractivity contribution in [3.05, 3.63) is 63.1 Å². The van der Waals surface area contributed by atoms with Crippen molar-refractivity contribution in [3.63, 3.8) is 0 Å². The highest BCUT2D eigenvalue weighted by molar-refractivity contribution is 6.35. The summed E-state index contributed by atoms with van der Waals surface area (Å²) in [5.74, 6) is -0.245. The Kier molecular flexibility index (Phi) is 8.42. The van der Waals surface area contributed by atoms with E-state index in [0.717, 1.165) is 5.56 Å². The Morgan fingerprint density at radius 2 is 1.71 bits per heavy atom. The lowest BCUT2D eigenvalue weighted by Gasteiger charge is -2.28. The van der Waals surface area contributed by atoms with Gasteiger partial charge in [0.2, 0.25) is 5.91 Å². The van der Waals surface area contributed by atoms with E-state index >= 15 is 0 Å². The summed E-state index contributed by atoms with van der Waals surface area (Å²) in [5.41, 5.74) is 0.846. The van der Waals surface area contributed by atoms with Crippen LogP contribution in [0.4, 0.5) is 0 Å². The van der Waals surface area contributed by atoms with E-state index in [1.54, 1.807) is 31.2 Å². The topological polar surface area (TPSA) is 58.6 Å². The van der Waals surface area contributed by atoms with Crippen molar-refractivity contribution in [3.8, 4) is 5.75 Å². The molecule has 150 valence electrons. The van der Waals surface area contributed by atoms with Crippen molar-refractivity contribution in [2.75, 3.05) is 13.2 Å². The first-order valence-electron chi connectivity index (χ1n) is 8.71. The van der Waals surface area contributed by atoms with Crippen molar-refractivity contribution in [2.24, 2.45) is 0 Å². The number of nitrogens with zero attached hydrogens (tertiary/aromatic N) is 1. The van der Waals surface area contributed by atoms with E-state index in [1.165, 1.54) is 11.0 Å². The lowest BCUT2D eigenvalue weighted by Crippen LogP contribution is -2.49. The number of carbonyl (C=O) groups excluding carboxylic acids is 2. The van der Waals surface area contributed by atoms with E-state index in [1.807, 2.05) is 19.1 Å². The number of hydrogen-bond donors (Lipinski definition) is 1. The van der Waals surface area contributed by atoms with Gasteiger partial charge in [-0.25, -0.2) is 0 Å². The van der Waals surface area contributed by atoms with E-state index in [0.29, 0.717) is 27.4 Å². The van der Waals surface area contributed by atoms with Crippen LogP contribution in [-0.4, -0.2) is 35.9 Å². The number of benzene rings is 2.